The largest absolute Gasteiger partial charge is 0.462 e. The third-order valence-corrected chi connectivity index (χ3v) is 4.84. The van der Waals surface area contributed by atoms with Crippen LogP contribution in [0.2, 0.25) is 0 Å². The molecule has 1 aliphatic heterocycles. The smallest absolute Gasteiger partial charge is 0.305 e. The number of rotatable bonds is 1. The number of esters is 1. The van der Waals surface area contributed by atoms with Crippen molar-refractivity contribution in [2.75, 3.05) is 0 Å². The predicted molar refractivity (Wildman–Crippen MR) is 76.1 cm³/mol. The van der Waals surface area contributed by atoms with Gasteiger partial charge in [0.2, 0.25) is 0 Å². The Balaban J connectivity index is 2.08. The van der Waals surface area contributed by atoms with E-state index in [0.29, 0.717) is 0 Å². The van der Waals surface area contributed by atoms with Gasteiger partial charge in [-0.3, -0.25) is 4.79 Å². The van der Waals surface area contributed by atoms with Gasteiger partial charge in [0.25, 0.3) is 6.29 Å². The van der Waals surface area contributed by atoms with E-state index in [2.05, 4.69) is 45.0 Å². The molecule has 1 heterocycles. The number of fused-ring (bicyclic) bond motifs is 1. The van der Waals surface area contributed by atoms with Crippen LogP contribution in [0.25, 0.3) is 0 Å². The van der Waals surface area contributed by atoms with Crippen molar-refractivity contribution in [1.29, 1.82) is 0 Å². The minimum absolute atomic E-state index is 0.136. The van der Waals surface area contributed by atoms with Gasteiger partial charge in [0.15, 0.2) is 0 Å². The average Bonchev–Trinajstić information content (AvgIpc) is 2.81. The molecule has 2 atom stereocenters. The molecule has 3 heteroatoms. The van der Waals surface area contributed by atoms with Gasteiger partial charge in [-0.1, -0.05) is 37.6 Å². The van der Waals surface area contributed by atoms with Gasteiger partial charge in [0, 0.05) is 12.3 Å². The predicted octanol–water partition coefficient (Wildman–Crippen LogP) is 3.25. The van der Waals surface area contributed by atoms with Crippen LogP contribution in [0.3, 0.4) is 0 Å². The third-order valence-electron chi connectivity index (χ3n) is 4.84. The molecular formula is C17H20O3. The number of benzene rings is 1. The zero-order chi connectivity index (χ0) is 14.5. The Bertz CT molecular complexity index is 600. The Morgan fingerprint density at radius 3 is 2.85 bits per heavy atom. The summed E-state index contributed by atoms with van der Waals surface area (Å²) >= 11 is 0. The van der Waals surface area contributed by atoms with E-state index in [-0.39, 0.29) is 16.8 Å². The van der Waals surface area contributed by atoms with Gasteiger partial charge in [0.05, 0.1) is 11.7 Å². The summed E-state index contributed by atoms with van der Waals surface area (Å²) in [7, 11) is 0. The summed E-state index contributed by atoms with van der Waals surface area (Å²) in [6.07, 6.45) is 4.04. The maximum atomic E-state index is 11.3. The number of hydrogen-bond donors (Lipinski definition) is 0. The van der Waals surface area contributed by atoms with E-state index in [4.69, 9.17) is 9.47 Å². The minimum Gasteiger partial charge on any atom is -0.462 e. The molecule has 20 heavy (non-hydrogen) atoms. The molecule has 3 rings (SSSR count). The van der Waals surface area contributed by atoms with Crippen molar-refractivity contribution in [3.05, 3.63) is 47.2 Å². The van der Waals surface area contributed by atoms with Gasteiger partial charge >= 0.3 is 5.97 Å². The van der Waals surface area contributed by atoms with Crippen LogP contribution in [0.15, 0.2) is 30.5 Å². The van der Waals surface area contributed by atoms with Crippen LogP contribution in [0.1, 0.15) is 37.5 Å². The molecule has 0 N–H and O–H groups in total. The first kappa shape index (κ1) is 13.2. The summed E-state index contributed by atoms with van der Waals surface area (Å²) in [5.41, 5.74) is 3.44. The maximum absolute atomic E-state index is 11.3. The molecule has 1 spiro atoms. The van der Waals surface area contributed by atoms with Gasteiger partial charge in [0.1, 0.15) is 0 Å². The molecular weight excluding hydrogens is 252 g/mol. The Labute approximate surface area is 119 Å². The van der Waals surface area contributed by atoms with E-state index in [9.17, 15) is 4.79 Å². The number of ether oxygens (including phenoxy) is 2. The van der Waals surface area contributed by atoms with Crippen LogP contribution >= 0.6 is 0 Å². The molecule has 3 nitrogen and oxygen atoms in total. The van der Waals surface area contributed by atoms with Crippen molar-refractivity contribution in [2.45, 2.75) is 45.8 Å². The Hall–Kier alpha value is -1.77. The summed E-state index contributed by atoms with van der Waals surface area (Å²) in [6, 6.07) is 6.55. The first-order chi connectivity index (χ1) is 9.37. The van der Waals surface area contributed by atoms with Crippen LogP contribution in [0, 0.1) is 12.3 Å². The van der Waals surface area contributed by atoms with Gasteiger partial charge in [-0.2, -0.15) is 0 Å². The Kier molecular flexibility index (Phi) is 2.72. The topological polar surface area (TPSA) is 35.5 Å². The molecule has 0 bridgehead atoms. The average molecular weight is 272 g/mol. The standard InChI is InChI=1S/C17H20O3/c1-11-5-6-14-13(9-11)10-17(16(14,3)4)7-8-19-15(17)20-12(2)18/h5-9,15H,10H2,1-4H3. The zero-order valence-corrected chi connectivity index (χ0v) is 12.4. The molecule has 2 aliphatic rings. The van der Waals surface area contributed by atoms with Crippen LogP contribution in [-0.4, -0.2) is 12.3 Å². The second kappa shape index (κ2) is 4.11. The van der Waals surface area contributed by atoms with E-state index in [1.54, 1.807) is 6.26 Å². The quantitative estimate of drug-likeness (QED) is 0.736. The molecule has 0 aromatic heterocycles. The molecule has 0 radical (unpaired) electrons. The highest BCUT2D eigenvalue weighted by Crippen LogP contribution is 2.57. The second-order valence-corrected chi connectivity index (χ2v) is 6.38. The lowest BCUT2D eigenvalue weighted by atomic mass is 9.66. The maximum Gasteiger partial charge on any atom is 0.305 e. The molecule has 1 aliphatic carbocycles. The monoisotopic (exact) mass is 272 g/mol. The van der Waals surface area contributed by atoms with E-state index < -0.39 is 6.29 Å². The lowest BCUT2D eigenvalue weighted by Crippen LogP contribution is -2.46. The van der Waals surface area contributed by atoms with Crippen LogP contribution < -0.4 is 0 Å². The summed E-state index contributed by atoms with van der Waals surface area (Å²) in [5.74, 6) is -0.305. The molecule has 0 fully saturated rings. The van der Waals surface area contributed by atoms with Crippen LogP contribution in [0.4, 0.5) is 0 Å². The molecule has 0 saturated carbocycles. The van der Waals surface area contributed by atoms with E-state index in [1.807, 2.05) is 0 Å². The first-order valence-corrected chi connectivity index (χ1v) is 6.97. The summed E-state index contributed by atoms with van der Waals surface area (Å²) < 4.78 is 11.0. The van der Waals surface area contributed by atoms with Crippen LogP contribution in [0.5, 0.6) is 0 Å². The SMILES string of the molecule is CC(=O)OC1OC=CC12Cc1cc(C)ccc1C2(C)C. The lowest BCUT2D eigenvalue weighted by molar-refractivity contribution is -0.184. The second-order valence-electron chi connectivity index (χ2n) is 6.38. The van der Waals surface area contributed by atoms with Crippen molar-refractivity contribution < 1.29 is 14.3 Å². The highest BCUT2D eigenvalue weighted by Gasteiger charge is 2.59. The molecule has 2 unspecified atom stereocenters. The number of aryl methyl sites for hydroxylation is 1. The van der Waals surface area contributed by atoms with E-state index in [1.165, 1.54) is 23.6 Å². The first-order valence-electron chi connectivity index (χ1n) is 6.97. The van der Waals surface area contributed by atoms with E-state index >= 15 is 0 Å². The number of carbonyl (C=O) groups is 1. The molecule has 0 saturated heterocycles. The summed E-state index contributed by atoms with van der Waals surface area (Å²) in [4.78, 5) is 11.3. The molecule has 1 aromatic carbocycles. The lowest BCUT2D eigenvalue weighted by Gasteiger charge is -2.40. The third kappa shape index (κ3) is 1.62. The molecule has 0 amide bonds. The van der Waals surface area contributed by atoms with Crippen molar-refractivity contribution in [3.63, 3.8) is 0 Å². The van der Waals surface area contributed by atoms with Crippen molar-refractivity contribution >= 4 is 5.97 Å². The van der Waals surface area contributed by atoms with E-state index in [0.717, 1.165) is 6.42 Å². The number of carbonyl (C=O) groups excluding carboxylic acids is 1. The number of hydrogen-bond acceptors (Lipinski definition) is 3. The summed E-state index contributed by atoms with van der Waals surface area (Å²) in [5, 5.41) is 0. The Morgan fingerprint density at radius 1 is 1.40 bits per heavy atom. The van der Waals surface area contributed by atoms with Crippen molar-refractivity contribution in [1.82, 2.24) is 0 Å². The molecule has 1 aromatic rings. The highest BCUT2D eigenvalue weighted by atomic mass is 16.7. The van der Waals surface area contributed by atoms with Gasteiger partial charge < -0.3 is 9.47 Å². The minimum atomic E-state index is -0.539. The van der Waals surface area contributed by atoms with Crippen LogP contribution in [-0.2, 0) is 26.1 Å². The van der Waals surface area contributed by atoms with Crippen molar-refractivity contribution in [3.8, 4) is 0 Å². The summed E-state index contributed by atoms with van der Waals surface area (Å²) in [6.45, 7) is 7.92. The van der Waals surface area contributed by atoms with Gasteiger partial charge in [-0.05, 0) is 30.5 Å². The fourth-order valence-electron chi connectivity index (χ4n) is 3.63. The normalized spacial score (nSPS) is 29.3. The zero-order valence-electron chi connectivity index (χ0n) is 12.4. The van der Waals surface area contributed by atoms with Gasteiger partial charge in [-0.15, -0.1) is 0 Å². The fourth-order valence-corrected chi connectivity index (χ4v) is 3.63. The fraction of sp³-hybridized carbons (Fsp3) is 0.471. The highest BCUT2D eigenvalue weighted by molar-refractivity contribution is 5.66. The van der Waals surface area contributed by atoms with Crippen molar-refractivity contribution in [2.24, 2.45) is 5.41 Å². The van der Waals surface area contributed by atoms with Gasteiger partial charge in [-0.25, -0.2) is 0 Å². The Morgan fingerprint density at radius 2 is 2.15 bits per heavy atom. The molecule has 106 valence electrons.